The minimum Gasteiger partial charge on any atom is -0.456 e. The van der Waals surface area contributed by atoms with Crippen LogP contribution in [0.2, 0.25) is 5.02 Å². The molecule has 148 valence electrons. The van der Waals surface area contributed by atoms with Crippen LogP contribution in [0.25, 0.3) is 0 Å². The summed E-state index contributed by atoms with van der Waals surface area (Å²) in [7, 11) is 0. The Bertz CT molecular complexity index is 866. The largest absolute Gasteiger partial charge is 0.456 e. The molecule has 0 spiro atoms. The van der Waals surface area contributed by atoms with E-state index in [1.165, 1.54) is 18.2 Å². The molecule has 0 saturated heterocycles. The van der Waals surface area contributed by atoms with Crippen molar-refractivity contribution in [2.45, 2.75) is 19.0 Å². The molecule has 2 aromatic carbocycles. The fraction of sp³-hybridized carbons (Fsp3) is 0.211. The SMILES string of the molecule is O=C(COC(=O)CCC(=O)c1ccc(Cl)cc1)Nc1cccc(C(F)(F)F)c1. The lowest BCUT2D eigenvalue weighted by molar-refractivity contribution is -0.147. The van der Waals surface area contributed by atoms with E-state index in [1.54, 1.807) is 12.1 Å². The van der Waals surface area contributed by atoms with Crippen LogP contribution in [0.15, 0.2) is 48.5 Å². The second-order valence-electron chi connectivity index (χ2n) is 5.72. The smallest absolute Gasteiger partial charge is 0.416 e. The fourth-order valence-electron chi connectivity index (χ4n) is 2.18. The molecule has 0 unspecified atom stereocenters. The van der Waals surface area contributed by atoms with Crippen LogP contribution in [0.5, 0.6) is 0 Å². The van der Waals surface area contributed by atoms with Crippen LogP contribution in [0, 0.1) is 0 Å². The molecule has 0 aliphatic heterocycles. The number of carbonyl (C=O) groups is 3. The van der Waals surface area contributed by atoms with E-state index in [2.05, 4.69) is 5.32 Å². The summed E-state index contributed by atoms with van der Waals surface area (Å²) in [5, 5.41) is 2.68. The number of hydrogen-bond donors (Lipinski definition) is 1. The Labute approximate surface area is 163 Å². The van der Waals surface area contributed by atoms with E-state index in [9.17, 15) is 27.6 Å². The van der Waals surface area contributed by atoms with E-state index < -0.39 is 30.2 Å². The summed E-state index contributed by atoms with van der Waals surface area (Å²) in [6.07, 6.45) is -4.89. The molecule has 0 fully saturated rings. The Hall–Kier alpha value is -2.87. The zero-order valence-electron chi connectivity index (χ0n) is 14.4. The standard InChI is InChI=1S/C19H15ClF3NO4/c20-14-6-4-12(5-7-14)16(25)8-9-18(27)28-11-17(26)24-15-3-1-2-13(10-15)19(21,22)23/h1-7,10H,8-9,11H2,(H,24,26). The average molecular weight is 414 g/mol. The van der Waals surface area contributed by atoms with E-state index in [-0.39, 0.29) is 24.3 Å². The van der Waals surface area contributed by atoms with Crippen molar-refractivity contribution in [1.29, 1.82) is 0 Å². The maximum absolute atomic E-state index is 12.6. The number of alkyl halides is 3. The molecule has 0 aliphatic rings. The Morgan fingerprint density at radius 1 is 1.00 bits per heavy atom. The van der Waals surface area contributed by atoms with Gasteiger partial charge in [-0.25, -0.2) is 0 Å². The van der Waals surface area contributed by atoms with Gasteiger partial charge in [-0.15, -0.1) is 0 Å². The third kappa shape index (κ3) is 6.70. The second kappa shape index (κ2) is 9.36. The quantitative estimate of drug-likeness (QED) is 0.535. The molecular formula is C19H15ClF3NO4. The number of hydrogen-bond acceptors (Lipinski definition) is 4. The maximum Gasteiger partial charge on any atom is 0.416 e. The molecule has 0 heterocycles. The summed E-state index contributed by atoms with van der Waals surface area (Å²) in [5.41, 5.74) is -0.601. The van der Waals surface area contributed by atoms with Crippen LogP contribution in [0.4, 0.5) is 18.9 Å². The highest BCUT2D eigenvalue weighted by molar-refractivity contribution is 6.30. The van der Waals surface area contributed by atoms with Gasteiger partial charge in [-0.3, -0.25) is 14.4 Å². The van der Waals surface area contributed by atoms with Gasteiger partial charge >= 0.3 is 12.1 Å². The van der Waals surface area contributed by atoms with Crippen molar-refractivity contribution in [3.8, 4) is 0 Å². The first-order valence-corrected chi connectivity index (χ1v) is 8.44. The molecule has 1 amide bonds. The highest BCUT2D eigenvalue weighted by Gasteiger charge is 2.30. The van der Waals surface area contributed by atoms with Crippen molar-refractivity contribution in [1.82, 2.24) is 0 Å². The number of ketones is 1. The van der Waals surface area contributed by atoms with E-state index >= 15 is 0 Å². The molecule has 0 aliphatic carbocycles. The monoisotopic (exact) mass is 413 g/mol. The molecule has 0 atom stereocenters. The molecule has 0 bridgehead atoms. The Kier molecular flexibility index (Phi) is 7.17. The summed E-state index contributed by atoms with van der Waals surface area (Å²) in [4.78, 5) is 35.3. The molecule has 5 nitrogen and oxygen atoms in total. The van der Waals surface area contributed by atoms with Gasteiger partial charge in [0.2, 0.25) is 0 Å². The van der Waals surface area contributed by atoms with Gasteiger partial charge in [0.25, 0.3) is 5.91 Å². The van der Waals surface area contributed by atoms with E-state index in [4.69, 9.17) is 16.3 Å². The van der Waals surface area contributed by atoms with Crippen LogP contribution in [0.3, 0.4) is 0 Å². The summed E-state index contributed by atoms with van der Waals surface area (Å²) in [6.45, 7) is -0.676. The Balaban J connectivity index is 1.77. The van der Waals surface area contributed by atoms with Crippen molar-refractivity contribution >= 4 is 34.9 Å². The third-order valence-electron chi connectivity index (χ3n) is 3.56. The van der Waals surface area contributed by atoms with Gasteiger partial charge in [-0.05, 0) is 42.5 Å². The van der Waals surface area contributed by atoms with Gasteiger partial charge in [-0.1, -0.05) is 17.7 Å². The zero-order chi connectivity index (χ0) is 20.7. The summed E-state index contributed by atoms with van der Waals surface area (Å²) in [6, 6.07) is 10.2. The predicted octanol–water partition coefficient (Wildman–Crippen LogP) is 4.50. The number of halogens is 4. The number of esters is 1. The molecule has 9 heteroatoms. The lowest BCUT2D eigenvalue weighted by Gasteiger charge is -2.10. The first-order valence-electron chi connectivity index (χ1n) is 8.06. The van der Waals surface area contributed by atoms with Gasteiger partial charge in [0.05, 0.1) is 12.0 Å². The molecule has 0 aromatic heterocycles. The predicted molar refractivity (Wildman–Crippen MR) is 96.0 cm³/mol. The van der Waals surface area contributed by atoms with E-state index in [0.717, 1.165) is 18.2 Å². The summed E-state index contributed by atoms with van der Waals surface area (Å²) >= 11 is 5.72. The van der Waals surface area contributed by atoms with Gasteiger partial charge in [0, 0.05) is 22.7 Å². The average Bonchev–Trinajstić information content (AvgIpc) is 2.64. The maximum atomic E-state index is 12.6. The molecule has 2 rings (SSSR count). The molecule has 2 aromatic rings. The first kappa shape index (κ1) is 21.4. The van der Waals surface area contributed by atoms with Crippen LogP contribution >= 0.6 is 11.6 Å². The highest BCUT2D eigenvalue weighted by Crippen LogP contribution is 2.30. The molecule has 0 saturated carbocycles. The normalized spacial score (nSPS) is 11.0. The minimum atomic E-state index is -4.54. The van der Waals surface area contributed by atoms with Gasteiger partial charge in [-0.2, -0.15) is 13.2 Å². The van der Waals surface area contributed by atoms with Crippen molar-refractivity contribution in [3.63, 3.8) is 0 Å². The third-order valence-corrected chi connectivity index (χ3v) is 3.81. The fourth-order valence-corrected chi connectivity index (χ4v) is 2.31. The molecule has 0 radical (unpaired) electrons. The summed E-state index contributed by atoms with van der Waals surface area (Å²) < 4.78 is 42.6. The lowest BCUT2D eigenvalue weighted by Crippen LogP contribution is -2.21. The van der Waals surface area contributed by atoms with Crippen LogP contribution in [-0.2, 0) is 20.5 Å². The van der Waals surface area contributed by atoms with Crippen LogP contribution in [-0.4, -0.2) is 24.3 Å². The number of anilines is 1. The van der Waals surface area contributed by atoms with E-state index in [1.807, 2.05) is 0 Å². The van der Waals surface area contributed by atoms with E-state index in [0.29, 0.717) is 10.6 Å². The Morgan fingerprint density at radius 2 is 1.68 bits per heavy atom. The molecule has 28 heavy (non-hydrogen) atoms. The first-order chi connectivity index (χ1) is 13.1. The van der Waals surface area contributed by atoms with Gasteiger partial charge in [0.15, 0.2) is 12.4 Å². The van der Waals surface area contributed by atoms with Crippen LogP contribution in [0.1, 0.15) is 28.8 Å². The number of rotatable bonds is 7. The molecule has 1 N–H and O–H groups in total. The van der Waals surface area contributed by atoms with Gasteiger partial charge < -0.3 is 10.1 Å². The summed E-state index contributed by atoms with van der Waals surface area (Å²) in [5.74, 6) is -1.86. The number of ether oxygens (including phenoxy) is 1. The van der Waals surface area contributed by atoms with Crippen molar-refractivity contribution in [2.75, 3.05) is 11.9 Å². The lowest BCUT2D eigenvalue weighted by atomic mass is 10.1. The van der Waals surface area contributed by atoms with Crippen molar-refractivity contribution < 1.29 is 32.3 Å². The molecular weight excluding hydrogens is 399 g/mol. The van der Waals surface area contributed by atoms with Crippen molar-refractivity contribution in [2.24, 2.45) is 0 Å². The topological polar surface area (TPSA) is 72.5 Å². The zero-order valence-corrected chi connectivity index (χ0v) is 15.1. The number of nitrogens with one attached hydrogen (secondary N) is 1. The minimum absolute atomic E-state index is 0.0752. The number of amides is 1. The number of Topliss-reactive ketones (excluding diaryl/α,β-unsaturated/α-hetero) is 1. The number of carbonyl (C=O) groups excluding carboxylic acids is 3. The van der Waals surface area contributed by atoms with Crippen LogP contribution < -0.4 is 5.32 Å². The van der Waals surface area contributed by atoms with Crippen molar-refractivity contribution in [3.05, 3.63) is 64.7 Å². The van der Waals surface area contributed by atoms with Gasteiger partial charge in [0.1, 0.15) is 0 Å². The number of benzene rings is 2. The Morgan fingerprint density at radius 3 is 2.32 bits per heavy atom. The highest BCUT2D eigenvalue weighted by atomic mass is 35.5. The second-order valence-corrected chi connectivity index (χ2v) is 6.15.